The van der Waals surface area contributed by atoms with Gasteiger partial charge in [0.05, 0.1) is 11.6 Å². The first-order valence-corrected chi connectivity index (χ1v) is 5.96. The summed E-state index contributed by atoms with van der Waals surface area (Å²) < 4.78 is 24.9. The van der Waals surface area contributed by atoms with Gasteiger partial charge >= 0.3 is 0 Å². The minimum atomic E-state index is -3.57. The van der Waals surface area contributed by atoms with Gasteiger partial charge in [-0.15, -0.1) is 6.42 Å². The van der Waals surface area contributed by atoms with E-state index in [1.807, 2.05) is 0 Å². The fourth-order valence-electron chi connectivity index (χ4n) is 1.04. The maximum Gasteiger partial charge on any atom is 0.245 e. The van der Waals surface area contributed by atoms with Gasteiger partial charge in [-0.3, -0.25) is 0 Å². The SMILES string of the molecule is C#CCN(C)S(=O)(=O)c1ccccc1Cl. The summed E-state index contributed by atoms with van der Waals surface area (Å²) in [4.78, 5) is 0.0735. The van der Waals surface area contributed by atoms with Crippen LogP contribution in [0.5, 0.6) is 0 Å². The van der Waals surface area contributed by atoms with Gasteiger partial charge in [-0.05, 0) is 12.1 Å². The highest BCUT2D eigenvalue weighted by Crippen LogP contribution is 2.22. The quantitative estimate of drug-likeness (QED) is 0.757. The monoisotopic (exact) mass is 243 g/mol. The number of terminal acetylenes is 1. The molecule has 0 spiro atoms. The molecular weight excluding hydrogens is 234 g/mol. The predicted octanol–water partition coefficient (Wildman–Crippen LogP) is 1.59. The molecule has 0 unspecified atom stereocenters. The lowest BCUT2D eigenvalue weighted by Gasteiger charge is -2.14. The van der Waals surface area contributed by atoms with Crippen molar-refractivity contribution in [3.05, 3.63) is 29.3 Å². The fourth-order valence-corrected chi connectivity index (χ4v) is 2.61. The van der Waals surface area contributed by atoms with Crippen LogP contribution < -0.4 is 0 Å². The van der Waals surface area contributed by atoms with Crippen molar-refractivity contribution >= 4 is 21.6 Å². The smallest absolute Gasteiger partial charge is 0.207 e. The lowest BCUT2D eigenvalue weighted by Crippen LogP contribution is -2.27. The van der Waals surface area contributed by atoms with Gasteiger partial charge < -0.3 is 0 Å². The van der Waals surface area contributed by atoms with Gasteiger partial charge in [0.25, 0.3) is 0 Å². The first kappa shape index (κ1) is 12.1. The molecule has 80 valence electrons. The van der Waals surface area contributed by atoms with Gasteiger partial charge in [-0.2, -0.15) is 4.31 Å². The maximum atomic E-state index is 11.9. The van der Waals surface area contributed by atoms with Gasteiger partial charge in [0.1, 0.15) is 4.90 Å². The van der Waals surface area contributed by atoms with Crippen LogP contribution in [-0.2, 0) is 10.0 Å². The second kappa shape index (κ2) is 4.67. The van der Waals surface area contributed by atoms with Crippen LogP contribution in [0.4, 0.5) is 0 Å². The molecule has 5 heteroatoms. The Bertz CT molecular complexity index is 490. The minimum Gasteiger partial charge on any atom is -0.207 e. The number of nitrogens with zero attached hydrogens (tertiary/aromatic N) is 1. The van der Waals surface area contributed by atoms with E-state index in [2.05, 4.69) is 5.92 Å². The fraction of sp³-hybridized carbons (Fsp3) is 0.200. The molecule has 0 aliphatic heterocycles. The van der Waals surface area contributed by atoms with E-state index in [9.17, 15) is 8.42 Å². The second-order valence-electron chi connectivity index (χ2n) is 2.90. The molecule has 0 aliphatic rings. The van der Waals surface area contributed by atoms with Crippen LogP contribution in [0, 0.1) is 12.3 Å². The van der Waals surface area contributed by atoms with Gasteiger partial charge in [-0.25, -0.2) is 8.42 Å². The van der Waals surface area contributed by atoms with Crippen LogP contribution >= 0.6 is 11.6 Å². The Morgan fingerprint density at radius 2 is 2.07 bits per heavy atom. The topological polar surface area (TPSA) is 37.4 Å². The largest absolute Gasteiger partial charge is 0.245 e. The van der Waals surface area contributed by atoms with Crippen LogP contribution in [0.25, 0.3) is 0 Å². The van der Waals surface area contributed by atoms with E-state index < -0.39 is 10.0 Å². The van der Waals surface area contributed by atoms with Crippen molar-refractivity contribution in [1.29, 1.82) is 0 Å². The first-order chi connectivity index (χ1) is 7.00. The van der Waals surface area contributed by atoms with E-state index in [0.717, 1.165) is 4.31 Å². The standard InChI is InChI=1S/C10H10ClNO2S/c1-3-8-12(2)15(13,14)10-7-5-4-6-9(10)11/h1,4-7H,8H2,2H3. The van der Waals surface area contributed by atoms with Gasteiger partial charge in [0.2, 0.25) is 10.0 Å². The number of benzene rings is 1. The molecule has 0 radical (unpaired) electrons. The summed E-state index contributed by atoms with van der Waals surface area (Å²) in [6.07, 6.45) is 5.05. The van der Waals surface area contributed by atoms with Crippen LogP contribution in [0.2, 0.25) is 5.02 Å². The highest BCUT2D eigenvalue weighted by atomic mass is 35.5. The Hall–Kier alpha value is -1.02. The Morgan fingerprint density at radius 1 is 1.47 bits per heavy atom. The van der Waals surface area contributed by atoms with Gasteiger partial charge in [0.15, 0.2) is 0 Å². The Kier molecular flexibility index (Phi) is 3.75. The van der Waals surface area contributed by atoms with Gasteiger partial charge in [-0.1, -0.05) is 29.7 Å². The molecule has 3 nitrogen and oxygen atoms in total. The van der Waals surface area contributed by atoms with E-state index in [4.69, 9.17) is 18.0 Å². The summed E-state index contributed by atoms with van der Waals surface area (Å²) >= 11 is 5.80. The van der Waals surface area contributed by atoms with E-state index in [-0.39, 0.29) is 16.5 Å². The number of hydrogen-bond acceptors (Lipinski definition) is 2. The molecule has 0 aliphatic carbocycles. The summed E-state index contributed by atoms with van der Waals surface area (Å²) in [5, 5.41) is 0.196. The summed E-state index contributed by atoms with van der Waals surface area (Å²) in [6, 6.07) is 6.26. The lowest BCUT2D eigenvalue weighted by molar-refractivity contribution is 0.503. The lowest BCUT2D eigenvalue weighted by atomic mass is 10.4. The summed E-state index contributed by atoms with van der Waals surface area (Å²) in [5.74, 6) is 2.27. The number of rotatable bonds is 3. The van der Waals surface area contributed by atoms with Crippen molar-refractivity contribution in [3.8, 4) is 12.3 Å². The molecule has 1 rings (SSSR count). The van der Waals surface area contributed by atoms with Crippen molar-refractivity contribution in [2.45, 2.75) is 4.90 Å². The van der Waals surface area contributed by atoms with E-state index in [1.54, 1.807) is 12.1 Å². The summed E-state index contributed by atoms with van der Waals surface area (Å²) in [7, 11) is -2.16. The average Bonchev–Trinajstić information content (AvgIpc) is 2.18. The molecule has 0 fully saturated rings. The molecular formula is C10H10ClNO2S. The molecule has 1 aromatic carbocycles. The van der Waals surface area contributed by atoms with Crippen molar-refractivity contribution < 1.29 is 8.42 Å². The zero-order valence-corrected chi connectivity index (χ0v) is 9.72. The highest BCUT2D eigenvalue weighted by molar-refractivity contribution is 7.89. The molecule has 0 saturated heterocycles. The number of sulfonamides is 1. The Balaban J connectivity index is 3.19. The summed E-state index contributed by atoms with van der Waals surface area (Å²) in [5.41, 5.74) is 0. The zero-order chi connectivity index (χ0) is 11.5. The molecule has 15 heavy (non-hydrogen) atoms. The van der Waals surface area contributed by atoms with Crippen LogP contribution in [0.3, 0.4) is 0 Å². The van der Waals surface area contributed by atoms with Crippen LogP contribution in [-0.4, -0.2) is 26.3 Å². The molecule has 0 N–H and O–H groups in total. The molecule has 0 heterocycles. The predicted molar refractivity (Wildman–Crippen MR) is 60.1 cm³/mol. The number of halogens is 1. The van der Waals surface area contributed by atoms with Gasteiger partial charge in [0, 0.05) is 7.05 Å². The van der Waals surface area contributed by atoms with E-state index in [1.165, 1.54) is 19.2 Å². The number of hydrogen-bond donors (Lipinski definition) is 0. The third-order valence-corrected chi connectivity index (χ3v) is 4.14. The Labute approximate surface area is 94.7 Å². The molecule has 0 saturated carbocycles. The minimum absolute atomic E-state index is 0.0214. The summed E-state index contributed by atoms with van der Waals surface area (Å²) in [6.45, 7) is 0.0214. The Morgan fingerprint density at radius 3 is 2.60 bits per heavy atom. The highest BCUT2D eigenvalue weighted by Gasteiger charge is 2.22. The second-order valence-corrected chi connectivity index (χ2v) is 5.32. The van der Waals surface area contributed by atoms with Crippen molar-refractivity contribution in [1.82, 2.24) is 4.31 Å². The third kappa shape index (κ3) is 2.51. The maximum absolute atomic E-state index is 11.9. The molecule has 0 atom stereocenters. The molecule has 1 aromatic rings. The molecule has 0 aromatic heterocycles. The van der Waals surface area contributed by atoms with Crippen LogP contribution in [0.1, 0.15) is 0 Å². The van der Waals surface area contributed by atoms with E-state index >= 15 is 0 Å². The average molecular weight is 244 g/mol. The van der Waals surface area contributed by atoms with Crippen LogP contribution in [0.15, 0.2) is 29.2 Å². The van der Waals surface area contributed by atoms with Crippen molar-refractivity contribution in [3.63, 3.8) is 0 Å². The molecule has 0 bridgehead atoms. The zero-order valence-electron chi connectivity index (χ0n) is 8.14. The molecule has 0 amide bonds. The van der Waals surface area contributed by atoms with E-state index in [0.29, 0.717) is 0 Å². The third-order valence-electron chi connectivity index (χ3n) is 1.84. The normalized spacial score (nSPS) is 11.3. The van der Waals surface area contributed by atoms with Crippen molar-refractivity contribution in [2.75, 3.05) is 13.6 Å². The van der Waals surface area contributed by atoms with Crippen molar-refractivity contribution in [2.24, 2.45) is 0 Å². The first-order valence-electron chi connectivity index (χ1n) is 4.14.